The Hall–Kier alpha value is -2.04. The van der Waals surface area contributed by atoms with E-state index < -0.39 is 10.4 Å². The van der Waals surface area contributed by atoms with Crippen molar-refractivity contribution in [2.24, 2.45) is 0 Å². The number of aromatic nitrogens is 1. The SMILES string of the molecule is COc1ccc(-c2cnoc2-c2cc(C)c(C)c(OC)c2)cc1OS(=O)(=O)[O-].[Na+]. The van der Waals surface area contributed by atoms with Crippen LogP contribution in [-0.2, 0) is 10.4 Å². The molecule has 10 heteroatoms. The first-order valence-electron chi connectivity index (χ1n) is 8.17. The Morgan fingerprint density at radius 3 is 2.24 bits per heavy atom. The zero-order valence-electron chi connectivity index (χ0n) is 16.7. The summed E-state index contributed by atoms with van der Waals surface area (Å²) in [5.41, 5.74) is 3.87. The summed E-state index contributed by atoms with van der Waals surface area (Å²) in [5, 5.41) is 3.86. The fourth-order valence-corrected chi connectivity index (χ4v) is 3.19. The van der Waals surface area contributed by atoms with Crippen LogP contribution < -0.4 is 43.2 Å². The average molecular weight is 427 g/mol. The van der Waals surface area contributed by atoms with Crippen molar-refractivity contribution in [3.05, 3.63) is 47.7 Å². The normalized spacial score (nSPS) is 10.9. The number of methoxy groups -OCH3 is 2. The first kappa shape index (κ1) is 23.2. The van der Waals surface area contributed by atoms with Crippen LogP contribution in [0.15, 0.2) is 41.1 Å². The second-order valence-electron chi connectivity index (χ2n) is 6.05. The molecule has 3 rings (SSSR count). The Labute approximate surface area is 191 Å². The van der Waals surface area contributed by atoms with Crippen LogP contribution >= 0.6 is 0 Å². The summed E-state index contributed by atoms with van der Waals surface area (Å²) in [6, 6.07) is 8.31. The summed E-state index contributed by atoms with van der Waals surface area (Å²) in [7, 11) is -2.04. The minimum absolute atomic E-state index is 0. The van der Waals surface area contributed by atoms with Crippen molar-refractivity contribution >= 4 is 10.4 Å². The summed E-state index contributed by atoms with van der Waals surface area (Å²) in [5.74, 6) is 1.05. The molecule has 0 N–H and O–H groups in total. The minimum atomic E-state index is -4.96. The van der Waals surface area contributed by atoms with Crippen LogP contribution in [0.25, 0.3) is 22.5 Å². The van der Waals surface area contributed by atoms with Crippen molar-refractivity contribution in [1.82, 2.24) is 5.16 Å². The number of aryl methyl sites for hydroxylation is 1. The van der Waals surface area contributed by atoms with Gasteiger partial charge in [0.2, 0.25) is 0 Å². The number of hydrogen-bond donors (Lipinski definition) is 0. The third kappa shape index (κ3) is 5.12. The Balaban J connectivity index is 0.00000300. The van der Waals surface area contributed by atoms with Gasteiger partial charge < -0.3 is 22.7 Å². The van der Waals surface area contributed by atoms with Gasteiger partial charge in [-0.2, -0.15) is 0 Å². The van der Waals surface area contributed by atoms with Gasteiger partial charge in [0.25, 0.3) is 10.4 Å². The van der Waals surface area contributed by atoms with E-state index in [1.165, 1.54) is 25.4 Å². The first-order chi connectivity index (χ1) is 13.2. The monoisotopic (exact) mass is 427 g/mol. The zero-order chi connectivity index (χ0) is 20.5. The van der Waals surface area contributed by atoms with Crippen molar-refractivity contribution < 1.29 is 60.7 Å². The van der Waals surface area contributed by atoms with Gasteiger partial charge in [-0.3, -0.25) is 0 Å². The fraction of sp³-hybridized carbons (Fsp3) is 0.211. The average Bonchev–Trinajstić information content (AvgIpc) is 3.12. The summed E-state index contributed by atoms with van der Waals surface area (Å²) in [6.45, 7) is 3.91. The summed E-state index contributed by atoms with van der Waals surface area (Å²) in [4.78, 5) is 0. The second kappa shape index (κ2) is 9.19. The predicted octanol–water partition coefficient (Wildman–Crippen LogP) is 0.486. The van der Waals surface area contributed by atoms with E-state index >= 15 is 0 Å². The number of ether oxygens (including phenoxy) is 2. The molecular weight excluding hydrogens is 409 g/mol. The molecule has 1 heterocycles. The van der Waals surface area contributed by atoms with E-state index in [2.05, 4.69) is 9.34 Å². The molecule has 0 bridgehead atoms. The maximum Gasteiger partial charge on any atom is 1.00 e. The third-order valence-corrected chi connectivity index (χ3v) is 4.72. The molecule has 0 aliphatic carbocycles. The molecule has 0 atom stereocenters. The third-order valence-electron chi connectivity index (χ3n) is 4.34. The maximum absolute atomic E-state index is 11.0. The van der Waals surface area contributed by atoms with Crippen LogP contribution in [0.1, 0.15) is 11.1 Å². The predicted molar refractivity (Wildman–Crippen MR) is 100 cm³/mol. The number of rotatable bonds is 6. The van der Waals surface area contributed by atoms with Crippen molar-refractivity contribution in [3.8, 4) is 39.7 Å². The van der Waals surface area contributed by atoms with E-state index in [1.54, 1.807) is 13.2 Å². The molecule has 0 aliphatic heterocycles. The molecule has 3 aromatic rings. The summed E-state index contributed by atoms with van der Waals surface area (Å²) < 4.78 is 53.5. The second-order valence-corrected chi connectivity index (χ2v) is 7.03. The van der Waals surface area contributed by atoms with Crippen LogP contribution in [0.3, 0.4) is 0 Å². The van der Waals surface area contributed by atoms with E-state index in [0.29, 0.717) is 22.6 Å². The molecule has 2 aromatic carbocycles. The number of nitrogens with zero attached hydrogens (tertiary/aromatic N) is 1. The van der Waals surface area contributed by atoms with Gasteiger partial charge in [-0.25, -0.2) is 8.42 Å². The van der Waals surface area contributed by atoms with E-state index in [-0.39, 0.29) is 41.1 Å². The van der Waals surface area contributed by atoms with E-state index in [4.69, 9.17) is 14.0 Å². The Morgan fingerprint density at radius 1 is 0.966 bits per heavy atom. The molecule has 0 radical (unpaired) electrons. The summed E-state index contributed by atoms with van der Waals surface area (Å²) >= 11 is 0. The minimum Gasteiger partial charge on any atom is -0.716 e. The van der Waals surface area contributed by atoms with Gasteiger partial charge in [0, 0.05) is 11.1 Å². The van der Waals surface area contributed by atoms with Gasteiger partial charge in [0.05, 0.1) is 20.4 Å². The van der Waals surface area contributed by atoms with Gasteiger partial charge in [0.1, 0.15) is 5.75 Å². The van der Waals surface area contributed by atoms with E-state index in [9.17, 15) is 13.0 Å². The largest absolute Gasteiger partial charge is 1.00 e. The van der Waals surface area contributed by atoms with Gasteiger partial charge in [-0.05, 0) is 54.8 Å². The Morgan fingerprint density at radius 2 is 1.62 bits per heavy atom. The zero-order valence-corrected chi connectivity index (χ0v) is 19.5. The molecule has 0 spiro atoms. The van der Waals surface area contributed by atoms with Crippen molar-refractivity contribution in [2.75, 3.05) is 14.2 Å². The molecule has 0 saturated carbocycles. The maximum atomic E-state index is 11.0. The van der Waals surface area contributed by atoms with Crippen molar-refractivity contribution in [3.63, 3.8) is 0 Å². The smallest absolute Gasteiger partial charge is 0.716 e. The fourth-order valence-electron chi connectivity index (χ4n) is 2.84. The topological polar surface area (TPSA) is 111 Å². The van der Waals surface area contributed by atoms with Gasteiger partial charge in [-0.1, -0.05) is 11.2 Å². The first-order valence-corrected chi connectivity index (χ1v) is 9.51. The standard InChI is InChI=1S/C19H19NO7S.Na/c1-11-7-14(9-17(25-4)12(11)2)19-15(10-20-26-19)13-5-6-16(24-3)18(8-13)27-28(21,22)23;/h5-10H,1-4H3,(H,21,22,23);/q;+1/p-1. The molecule has 0 amide bonds. The summed E-state index contributed by atoms with van der Waals surface area (Å²) in [6.07, 6.45) is 1.49. The van der Waals surface area contributed by atoms with Gasteiger partial charge in [-0.15, -0.1) is 0 Å². The van der Waals surface area contributed by atoms with Crippen LogP contribution in [-0.4, -0.2) is 32.3 Å². The van der Waals surface area contributed by atoms with Crippen LogP contribution in [0.2, 0.25) is 0 Å². The van der Waals surface area contributed by atoms with Crippen LogP contribution in [0.5, 0.6) is 17.2 Å². The van der Waals surface area contributed by atoms with Gasteiger partial charge >= 0.3 is 29.6 Å². The van der Waals surface area contributed by atoms with E-state index in [1.807, 2.05) is 26.0 Å². The van der Waals surface area contributed by atoms with Crippen molar-refractivity contribution in [2.45, 2.75) is 13.8 Å². The molecule has 29 heavy (non-hydrogen) atoms. The van der Waals surface area contributed by atoms with E-state index in [0.717, 1.165) is 16.7 Å². The quantitative estimate of drug-likeness (QED) is 0.317. The Kier molecular flexibility index (Phi) is 7.36. The van der Waals surface area contributed by atoms with Crippen molar-refractivity contribution in [1.29, 1.82) is 0 Å². The molecule has 0 unspecified atom stereocenters. The molecule has 0 aliphatic rings. The van der Waals surface area contributed by atoms with Gasteiger partial charge in [0.15, 0.2) is 17.3 Å². The molecular formula is C19H18NNaO7S. The Bertz CT molecular complexity index is 1130. The molecule has 1 aromatic heterocycles. The number of benzene rings is 2. The van der Waals surface area contributed by atoms with Crippen LogP contribution in [0, 0.1) is 13.8 Å². The molecule has 0 fully saturated rings. The van der Waals surface area contributed by atoms with Crippen LogP contribution in [0.4, 0.5) is 0 Å². The molecule has 148 valence electrons. The number of hydrogen-bond acceptors (Lipinski definition) is 8. The molecule has 8 nitrogen and oxygen atoms in total. The molecule has 0 saturated heterocycles.